The van der Waals surface area contributed by atoms with Gasteiger partial charge in [-0.3, -0.25) is 13.9 Å². The molecule has 0 aromatic heterocycles. The number of anilines is 1. The van der Waals surface area contributed by atoms with Crippen molar-refractivity contribution in [2.45, 2.75) is 50.2 Å². The maximum Gasteiger partial charge on any atom is 0.264 e. The minimum absolute atomic E-state index is 0.0349. The molecule has 1 N–H and O–H groups in total. The number of carbonyl (C=O) groups is 2. The summed E-state index contributed by atoms with van der Waals surface area (Å²) in [5.41, 5.74) is 1.93. The molecule has 0 fully saturated rings. The minimum atomic E-state index is -4.17. The maximum atomic E-state index is 14.4. The lowest BCUT2D eigenvalue weighted by Crippen LogP contribution is -2.54. The standard InChI is InChI=1S/C34H36ClN3O4S/c1-3-26(2)36-34(40)32(22-27-14-7-4-8-15-27)37(24-28-16-9-5-10-17-28)33(39)25-38(30-19-13-18-29(35)23-30)43(41,42)31-20-11-6-12-21-31/h4-21,23,26,32H,3,22,24-25H2,1-2H3,(H,36,40)/t26-,32-/m1/s1. The van der Waals surface area contributed by atoms with E-state index in [-0.39, 0.29) is 35.5 Å². The van der Waals surface area contributed by atoms with E-state index in [1.807, 2.05) is 74.5 Å². The van der Waals surface area contributed by atoms with Crippen molar-refractivity contribution < 1.29 is 18.0 Å². The summed E-state index contributed by atoms with van der Waals surface area (Å²) >= 11 is 6.27. The first-order valence-electron chi connectivity index (χ1n) is 14.2. The van der Waals surface area contributed by atoms with Crippen LogP contribution in [0.5, 0.6) is 0 Å². The molecule has 0 radical (unpaired) electrons. The van der Waals surface area contributed by atoms with Crippen molar-refractivity contribution in [1.82, 2.24) is 10.2 Å². The maximum absolute atomic E-state index is 14.4. The molecule has 0 aliphatic carbocycles. The van der Waals surface area contributed by atoms with Crippen LogP contribution in [0.4, 0.5) is 5.69 Å². The molecule has 0 aliphatic heterocycles. The highest BCUT2D eigenvalue weighted by molar-refractivity contribution is 7.92. The van der Waals surface area contributed by atoms with E-state index in [0.717, 1.165) is 15.4 Å². The van der Waals surface area contributed by atoms with Crippen LogP contribution in [-0.4, -0.2) is 43.8 Å². The molecule has 43 heavy (non-hydrogen) atoms. The van der Waals surface area contributed by atoms with Gasteiger partial charge >= 0.3 is 0 Å². The molecule has 4 aromatic rings. The number of hydrogen-bond donors (Lipinski definition) is 1. The highest BCUT2D eigenvalue weighted by atomic mass is 35.5. The Bertz CT molecular complexity index is 1600. The summed E-state index contributed by atoms with van der Waals surface area (Å²) in [6.45, 7) is 3.46. The van der Waals surface area contributed by atoms with Gasteiger partial charge in [-0.1, -0.05) is 103 Å². The lowest BCUT2D eigenvalue weighted by Gasteiger charge is -2.34. The number of nitrogens with one attached hydrogen (secondary N) is 1. The van der Waals surface area contributed by atoms with Crippen LogP contribution in [0.15, 0.2) is 120 Å². The number of carbonyl (C=O) groups excluding carboxylic acids is 2. The van der Waals surface area contributed by atoms with Crippen molar-refractivity contribution in [1.29, 1.82) is 0 Å². The Labute approximate surface area is 259 Å². The van der Waals surface area contributed by atoms with Gasteiger partial charge in [-0.15, -0.1) is 0 Å². The van der Waals surface area contributed by atoms with Crippen LogP contribution >= 0.6 is 11.6 Å². The molecule has 7 nitrogen and oxygen atoms in total. The fraction of sp³-hybridized carbons (Fsp3) is 0.235. The van der Waals surface area contributed by atoms with Crippen molar-refractivity contribution >= 4 is 39.1 Å². The van der Waals surface area contributed by atoms with E-state index in [9.17, 15) is 18.0 Å². The zero-order chi connectivity index (χ0) is 30.8. The Morgan fingerprint density at radius 1 is 0.814 bits per heavy atom. The van der Waals surface area contributed by atoms with Crippen LogP contribution in [-0.2, 0) is 32.6 Å². The third-order valence-electron chi connectivity index (χ3n) is 7.17. The lowest BCUT2D eigenvalue weighted by molar-refractivity contribution is -0.140. The largest absolute Gasteiger partial charge is 0.352 e. The monoisotopic (exact) mass is 617 g/mol. The van der Waals surface area contributed by atoms with E-state index >= 15 is 0 Å². The van der Waals surface area contributed by atoms with Crippen LogP contribution in [0.3, 0.4) is 0 Å². The first-order chi connectivity index (χ1) is 20.7. The molecule has 4 rings (SSSR count). The van der Waals surface area contributed by atoms with Crippen LogP contribution < -0.4 is 9.62 Å². The van der Waals surface area contributed by atoms with Gasteiger partial charge in [0.25, 0.3) is 10.0 Å². The molecule has 0 bridgehead atoms. The Morgan fingerprint density at radius 2 is 1.40 bits per heavy atom. The number of benzene rings is 4. The van der Waals surface area contributed by atoms with Gasteiger partial charge in [-0.05, 0) is 54.8 Å². The molecular weight excluding hydrogens is 582 g/mol. The highest BCUT2D eigenvalue weighted by Crippen LogP contribution is 2.27. The summed E-state index contributed by atoms with van der Waals surface area (Å²) in [5, 5.41) is 3.37. The number of nitrogens with zero attached hydrogens (tertiary/aromatic N) is 2. The zero-order valence-corrected chi connectivity index (χ0v) is 25.8. The van der Waals surface area contributed by atoms with Gasteiger partial charge in [0.15, 0.2) is 0 Å². The van der Waals surface area contributed by atoms with E-state index in [0.29, 0.717) is 11.4 Å². The number of rotatable bonds is 13. The predicted octanol–water partition coefficient (Wildman–Crippen LogP) is 6.09. The zero-order valence-electron chi connectivity index (χ0n) is 24.3. The summed E-state index contributed by atoms with van der Waals surface area (Å²) in [7, 11) is -4.17. The van der Waals surface area contributed by atoms with Gasteiger partial charge in [-0.25, -0.2) is 8.42 Å². The third-order valence-corrected chi connectivity index (χ3v) is 9.20. The molecule has 9 heteroatoms. The van der Waals surface area contributed by atoms with E-state index in [1.165, 1.54) is 23.1 Å². The molecule has 2 atom stereocenters. The van der Waals surface area contributed by atoms with E-state index in [2.05, 4.69) is 5.32 Å². The summed E-state index contributed by atoms with van der Waals surface area (Å²) in [5.74, 6) is -0.828. The molecule has 0 spiro atoms. The second kappa shape index (κ2) is 14.8. The Hall–Kier alpha value is -4.14. The van der Waals surface area contributed by atoms with E-state index < -0.39 is 28.5 Å². The van der Waals surface area contributed by atoms with Crippen LogP contribution in [0.1, 0.15) is 31.4 Å². The van der Waals surface area contributed by atoms with Gasteiger partial charge in [0, 0.05) is 24.0 Å². The smallest absolute Gasteiger partial charge is 0.264 e. The normalized spacial score (nSPS) is 12.6. The molecule has 4 aromatic carbocycles. The summed E-state index contributed by atoms with van der Waals surface area (Å²) in [6.07, 6.45) is 0.971. The highest BCUT2D eigenvalue weighted by Gasteiger charge is 2.35. The van der Waals surface area contributed by atoms with E-state index in [1.54, 1.807) is 36.4 Å². The number of amides is 2. The predicted molar refractivity (Wildman–Crippen MR) is 171 cm³/mol. The van der Waals surface area contributed by atoms with Gasteiger partial charge in [-0.2, -0.15) is 0 Å². The Morgan fingerprint density at radius 3 is 1.98 bits per heavy atom. The Balaban J connectivity index is 1.79. The fourth-order valence-electron chi connectivity index (χ4n) is 4.65. The number of halogens is 1. The summed E-state index contributed by atoms with van der Waals surface area (Å²) in [6, 6.07) is 32.1. The second-order valence-corrected chi connectivity index (χ2v) is 12.6. The third kappa shape index (κ3) is 8.46. The van der Waals surface area contributed by atoms with Gasteiger partial charge in [0.05, 0.1) is 10.6 Å². The van der Waals surface area contributed by atoms with Crippen molar-refractivity contribution in [3.63, 3.8) is 0 Å². The number of hydrogen-bond acceptors (Lipinski definition) is 4. The average Bonchev–Trinajstić information content (AvgIpc) is 3.02. The van der Waals surface area contributed by atoms with Gasteiger partial charge < -0.3 is 10.2 Å². The molecular formula is C34H36ClN3O4S. The van der Waals surface area contributed by atoms with Crippen LogP contribution in [0.25, 0.3) is 0 Å². The van der Waals surface area contributed by atoms with Crippen molar-refractivity contribution in [3.05, 3.63) is 131 Å². The quantitative estimate of drug-likeness (QED) is 0.197. The van der Waals surface area contributed by atoms with Crippen molar-refractivity contribution in [2.75, 3.05) is 10.8 Å². The second-order valence-electron chi connectivity index (χ2n) is 10.3. The first kappa shape index (κ1) is 31.8. The SMILES string of the molecule is CC[C@@H](C)NC(=O)[C@@H](Cc1ccccc1)N(Cc1ccccc1)C(=O)CN(c1cccc(Cl)c1)S(=O)(=O)c1ccccc1. The topological polar surface area (TPSA) is 86.8 Å². The Kier molecular flexibility index (Phi) is 11.0. The molecule has 0 unspecified atom stereocenters. The number of sulfonamides is 1. The van der Waals surface area contributed by atoms with Crippen LogP contribution in [0, 0.1) is 0 Å². The van der Waals surface area contributed by atoms with Gasteiger partial charge in [0.1, 0.15) is 12.6 Å². The minimum Gasteiger partial charge on any atom is -0.352 e. The molecule has 0 aliphatic rings. The molecule has 2 amide bonds. The van der Waals surface area contributed by atoms with Crippen molar-refractivity contribution in [2.24, 2.45) is 0 Å². The molecule has 0 heterocycles. The van der Waals surface area contributed by atoms with Crippen LogP contribution in [0.2, 0.25) is 5.02 Å². The lowest BCUT2D eigenvalue weighted by atomic mass is 10.0. The first-order valence-corrected chi connectivity index (χ1v) is 16.0. The average molecular weight is 618 g/mol. The van der Waals surface area contributed by atoms with E-state index in [4.69, 9.17) is 11.6 Å². The summed E-state index contributed by atoms with van der Waals surface area (Å²) in [4.78, 5) is 29.7. The molecule has 0 saturated carbocycles. The fourth-order valence-corrected chi connectivity index (χ4v) is 6.27. The van der Waals surface area contributed by atoms with Gasteiger partial charge in [0.2, 0.25) is 11.8 Å². The molecule has 0 saturated heterocycles. The summed E-state index contributed by atoms with van der Waals surface area (Å²) < 4.78 is 29.0. The molecule has 224 valence electrons. The van der Waals surface area contributed by atoms with Crippen molar-refractivity contribution in [3.8, 4) is 0 Å².